The van der Waals surface area contributed by atoms with Crippen LogP contribution < -0.4 is 5.32 Å². The molecule has 1 amide bonds. The van der Waals surface area contributed by atoms with Gasteiger partial charge in [0, 0.05) is 12.6 Å². The third-order valence-corrected chi connectivity index (χ3v) is 3.16. The Labute approximate surface area is 105 Å². The van der Waals surface area contributed by atoms with Crippen LogP contribution in [0.1, 0.15) is 47.0 Å². The second kappa shape index (κ2) is 9.42. The summed E-state index contributed by atoms with van der Waals surface area (Å²) in [4.78, 5) is 14.1. The van der Waals surface area contributed by atoms with Crippen LogP contribution in [0.2, 0.25) is 0 Å². The lowest BCUT2D eigenvalue weighted by Gasteiger charge is -2.28. The first-order valence-corrected chi connectivity index (χ1v) is 6.75. The number of aliphatic hydroxyl groups excluding tert-OH is 1. The van der Waals surface area contributed by atoms with Crippen molar-refractivity contribution in [1.29, 1.82) is 0 Å². The average molecular weight is 244 g/mol. The van der Waals surface area contributed by atoms with Crippen molar-refractivity contribution in [2.24, 2.45) is 0 Å². The molecule has 4 heteroatoms. The van der Waals surface area contributed by atoms with Crippen LogP contribution in [0.25, 0.3) is 0 Å². The zero-order valence-corrected chi connectivity index (χ0v) is 11.7. The van der Waals surface area contributed by atoms with Gasteiger partial charge in [-0.05, 0) is 32.7 Å². The van der Waals surface area contributed by atoms with Gasteiger partial charge in [-0.15, -0.1) is 0 Å². The second-order valence-corrected chi connectivity index (χ2v) is 4.46. The summed E-state index contributed by atoms with van der Waals surface area (Å²) in [6, 6.07) is 0.102. The Kier molecular flexibility index (Phi) is 9.09. The van der Waals surface area contributed by atoms with Gasteiger partial charge in [0.15, 0.2) is 0 Å². The van der Waals surface area contributed by atoms with Gasteiger partial charge in [-0.2, -0.15) is 0 Å². The van der Waals surface area contributed by atoms with Gasteiger partial charge in [-0.25, -0.2) is 0 Å². The molecule has 2 N–H and O–H groups in total. The molecule has 0 aromatic heterocycles. The quantitative estimate of drug-likeness (QED) is 0.644. The highest BCUT2D eigenvalue weighted by atomic mass is 16.3. The van der Waals surface area contributed by atoms with Gasteiger partial charge in [0.05, 0.1) is 12.6 Å². The van der Waals surface area contributed by atoms with Crippen molar-refractivity contribution < 1.29 is 9.90 Å². The zero-order valence-electron chi connectivity index (χ0n) is 11.7. The molecule has 0 aliphatic rings. The summed E-state index contributed by atoms with van der Waals surface area (Å²) in [5, 5.41) is 12.0. The largest absolute Gasteiger partial charge is 0.395 e. The highest BCUT2D eigenvalue weighted by Crippen LogP contribution is 2.03. The first-order valence-electron chi connectivity index (χ1n) is 6.75. The molecule has 0 fully saturated rings. The first-order chi connectivity index (χ1) is 8.10. The highest BCUT2D eigenvalue weighted by Gasteiger charge is 2.21. The van der Waals surface area contributed by atoms with E-state index in [9.17, 15) is 4.79 Å². The van der Waals surface area contributed by atoms with Crippen molar-refractivity contribution in [3.8, 4) is 0 Å². The molecule has 17 heavy (non-hydrogen) atoms. The summed E-state index contributed by atoms with van der Waals surface area (Å²) in [6.45, 7) is 9.65. The Morgan fingerprint density at radius 1 is 1.24 bits per heavy atom. The lowest BCUT2D eigenvalue weighted by atomic mass is 10.1. The molecule has 1 unspecified atom stereocenters. The molecule has 0 bridgehead atoms. The number of carbonyl (C=O) groups is 1. The van der Waals surface area contributed by atoms with Crippen LogP contribution in [0, 0.1) is 0 Å². The van der Waals surface area contributed by atoms with Gasteiger partial charge in [0.25, 0.3) is 0 Å². The zero-order chi connectivity index (χ0) is 13.3. The van der Waals surface area contributed by atoms with E-state index in [1.807, 2.05) is 11.8 Å². The minimum atomic E-state index is -0.164. The van der Waals surface area contributed by atoms with Crippen LogP contribution >= 0.6 is 0 Å². The predicted molar refractivity (Wildman–Crippen MR) is 70.9 cm³/mol. The van der Waals surface area contributed by atoms with E-state index < -0.39 is 0 Å². The lowest BCUT2D eigenvalue weighted by molar-refractivity contribution is -0.126. The second-order valence-electron chi connectivity index (χ2n) is 4.46. The van der Waals surface area contributed by atoms with E-state index in [2.05, 4.69) is 26.1 Å². The summed E-state index contributed by atoms with van der Waals surface area (Å²) in [6.07, 6.45) is 2.91. The number of nitrogens with one attached hydrogen (secondary N) is 1. The molecule has 0 aliphatic heterocycles. The molecule has 0 saturated carbocycles. The molecule has 0 aromatic carbocycles. The van der Waals surface area contributed by atoms with E-state index in [4.69, 9.17) is 5.11 Å². The van der Waals surface area contributed by atoms with Crippen molar-refractivity contribution in [1.82, 2.24) is 10.2 Å². The molecule has 0 rings (SSSR count). The number of nitrogens with zero attached hydrogens (tertiary/aromatic N) is 1. The van der Waals surface area contributed by atoms with Crippen LogP contribution in [-0.4, -0.2) is 47.7 Å². The topological polar surface area (TPSA) is 52.6 Å². The third kappa shape index (κ3) is 6.03. The molecular weight excluding hydrogens is 216 g/mol. The number of aliphatic hydroxyl groups is 1. The van der Waals surface area contributed by atoms with E-state index in [0.29, 0.717) is 6.54 Å². The highest BCUT2D eigenvalue weighted by molar-refractivity contribution is 5.81. The molecule has 1 atom stereocenters. The fraction of sp³-hybridized carbons (Fsp3) is 0.923. The van der Waals surface area contributed by atoms with Gasteiger partial charge in [0.2, 0.25) is 5.91 Å². The number of rotatable bonds is 9. The number of carbonyl (C=O) groups excluding carboxylic acids is 1. The van der Waals surface area contributed by atoms with Crippen LogP contribution in [0.5, 0.6) is 0 Å². The smallest absolute Gasteiger partial charge is 0.237 e. The average Bonchev–Trinajstić information content (AvgIpc) is 2.34. The van der Waals surface area contributed by atoms with Crippen LogP contribution in [0.3, 0.4) is 0 Å². The summed E-state index contributed by atoms with van der Waals surface area (Å²) < 4.78 is 0. The lowest BCUT2D eigenvalue weighted by Crippen LogP contribution is -2.49. The minimum absolute atomic E-state index is 0.0700. The van der Waals surface area contributed by atoms with Crippen molar-refractivity contribution in [3.05, 3.63) is 0 Å². The van der Waals surface area contributed by atoms with E-state index >= 15 is 0 Å². The van der Waals surface area contributed by atoms with Crippen molar-refractivity contribution in [2.45, 2.75) is 59.0 Å². The van der Waals surface area contributed by atoms with Crippen LogP contribution in [0.4, 0.5) is 0 Å². The Hall–Kier alpha value is -0.610. The maximum Gasteiger partial charge on any atom is 0.237 e. The molecule has 0 spiro atoms. The van der Waals surface area contributed by atoms with E-state index in [-0.39, 0.29) is 24.6 Å². The molecule has 0 aromatic rings. The van der Waals surface area contributed by atoms with E-state index in [1.54, 1.807) is 0 Å². The molecule has 102 valence electrons. The third-order valence-electron chi connectivity index (χ3n) is 3.16. The Morgan fingerprint density at radius 2 is 1.82 bits per heavy atom. The molecule has 0 heterocycles. The minimum Gasteiger partial charge on any atom is -0.395 e. The summed E-state index contributed by atoms with van der Waals surface area (Å²) in [7, 11) is 0. The van der Waals surface area contributed by atoms with Gasteiger partial charge < -0.3 is 10.4 Å². The number of hydrogen-bond acceptors (Lipinski definition) is 3. The van der Waals surface area contributed by atoms with Gasteiger partial charge >= 0.3 is 0 Å². The SMILES string of the molecule is CCCN(CCO)C(C)C(=O)NC(CC)CC. The molecule has 0 radical (unpaired) electrons. The van der Waals surface area contributed by atoms with Gasteiger partial charge in [-0.1, -0.05) is 20.8 Å². The fourth-order valence-corrected chi connectivity index (χ4v) is 1.90. The number of amides is 1. The normalized spacial score (nSPS) is 13.1. The summed E-state index contributed by atoms with van der Waals surface area (Å²) >= 11 is 0. The number of hydrogen-bond donors (Lipinski definition) is 2. The molecular formula is C13H28N2O2. The molecule has 0 aliphatic carbocycles. The predicted octanol–water partition coefficient (Wildman–Crippen LogP) is 1.38. The van der Waals surface area contributed by atoms with Crippen molar-refractivity contribution in [3.63, 3.8) is 0 Å². The van der Waals surface area contributed by atoms with Crippen molar-refractivity contribution in [2.75, 3.05) is 19.7 Å². The Bertz CT molecular complexity index is 200. The maximum atomic E-state index is 12.0. The van der Waals surface area contributed by atoms with Gasteiger partial charge in [0.1, 0.15) is 0 Å². The maximum absolute atomic E-state index is 12.0. The van der Waals surface area contributed by atoms with Gasteiger partial charge in [-0.3, -0.25) is 9.69 Å². The van der Waals surface area contributed by atoms with Crippen molar-refractivity contribution >= 4 is 5.91 Å². The molecule has 4 nitrogen and oxygen atoms in total. The van der Waals surface area contributed by atoms with E-state index in [1.165, 1.54) is 0 Å². The Balaban J connectivity index is 4.32. The first kappa shape index (κ1) is 16.4. The standard InChI is InChI=1S/C13H28N2O2/c1-5-8-15(9-10-16)11(4)13(17)14-12(6-2)7-3/h11-12,16H,5-10H2,1-4H3,(H,14,17). The fourth-order valence-electron chi connectivity index (χ4n) is 1.90. The molecule has 0 saturated heterocycles. The van der Waals surface area contributed by atoms with Crippen LogP contribution in [-0.2, 0) is 4.79 Å². The summed E-state index contributed by atoms with van der Waals surface area (Å²) in [5.74, 6) is 0.0700. The van der Waals surface area contributed by atoms with E-state index in [0.717, 1.165) is 25.8 Å². The monoisotopic (exact) mass is 244 g/mol. The summed E-state index contributed by atoms with van der Waals surface area (Å²) in [5.41, 5.74) is 0. The Morgan fingerprint density at radius 3 is 2.24 bits per heavy atom. The van der Waals surface area contributed by atoms with Crippen LogP contribution in [0.15, 0.2) is 0 Å².